The van der Waals surface area contributed by atoms with E-state index in [1.54, 1.807) is 48.5 Å². The zero-order chi connectivity index (χ0) is 18.7. The quantitative estimate of drug-likeness (QED) is 0.472. The number of rotatable bonds is 5. The highest BCUT2D eigenvalue weighted by Gasteiger charge is 2.26. The maximum absolute atomic E-state index is 12.1. The predicted octanol–water partition coefficient (Wildman–Crippen LogP) is 1.89. The number of imide groups is 1. The maximum atomic E-state index is 12.1. The monoisotopic (exact) mass is 372 g/mol. The van der Waals surface area contributed by atoms with E-state index in [2.05, 4.69) is 10.6 Å². The number of nitrogens with one attached hydrogen (secondary N) is 2. The Morgan fingerprint density at radius 3 is 2.31 bits per heavy atom. The largest absolute Gasteiger partial charge is 0.361 e. The van der Waals surface area contributed by atoms with Gasteiger partial charge in [0.25, 0.3) is 21.9 Å². The van der Waals surface area contributed by atoms with Crippen LogP contribution in [0.3, 0.4) is 0 Å². The molecule has 0 fully saturated rings. The average molecular weight is 372 g/mol. The van der Waals surface area contributed by atoms with Crippen LogP contribution in [0.15, 0.2) is 54.7 Å². The Labute approximate surface area is 150 Å². The molecule has 0 radical (unpaired) electrons. The summed E-state index contributed by atoms with van der Waals surface area (Å²) in [6.07, 6.45) is 2.52. The molecular weight excluding hydrogens is 356 g/mol. The van der Waals surface area contributed by atoms with Crippen LogP contribution in [0.25, 0.3) is 5.57 Å². The average Bonchev–Trinajstić information content (AvgIpc) is 2.60. The van der Waals surface area contributed by atoms with Gasteiger partial charge >= 0.3 is 0 Å². The summed E-state index contributed by atoms with van der Waals surface area (Å²) in [5.74, 6) is -0.891. The van der Waals surface area contributed by atoms with E-state index in [9.17, 15) is 18.0 Å². The summed E-state index contributed by atoms with van der Waals surface area (Å²) >= 11 is 0. The number of benzene rings is 2. The summed E-state index contributed by atoms with van der Waals surface area (Å²) in [6.45, 7) is -0.0436. The number of hydrogen-bond donors (Lipinski definition) is 2. The van der Waals surface area contributed by atoms with E-state index in [1.165, 1.54) is 6.20 Å². The minimum Gasteiger partial charge on any atom is -0.361 e. The minimum absolute atomic E-state index is 0.0436. The van der Waals surface area contributed by atoms with E-state index < -0.39 is 21.9 Å². The Bertz CT molecular complexity index is 994. The molecule has 26 heavy (non-hydrogen) atoms. The molecule has 2 N–H and O–H groups in total. The molecule has 0 bridgehead atoms. The van der Waals surface area contributed by atoms with Crippen molar-refractivity contribution in [2.75, 3.05) is 11.6 Å². The third kappa shape index (κ3) is 4.16. The Balaban J connectivity index is 1.76. The number of amides is 2. The van der Waals surface area contributed by atoms with Gasteiger partial charge in [-0.25, -0.2) is 0 Å². The van der Waals surface area contributed by atoms with Crippen molar-refractivity contribution in [2.45, 2.75) is 6.61 Å². The van der Waals surface area contributed by atoms with Gasteiger partial charge in [0.1, 0.15) is 0 Å². The van der Waals surface area contributed by atoms with Crippen molar-refractivity contribution in [3.63, 3.8) is 0 Å². The number of hydrogen-bond acceptors (Lipinski definition) is 6. The molecule has 0 spiro atoms. The first-order valence-electron chi connectivity index (χ1n) is 7.68. The van der Waals surface area contributed by atoms with Gasteiger partial charge in [-0.15, -0.1) is 0 Å². The van der Waals surface area contributed by atoms with E-state index in [0.29, 0.717) is 28.0 Å². The lowest BCUT2D eigenvalue weighted by atomic mass is 9.96. The summed E-state index contributed by atoms with van der Waals surface area (Å²) < 4.78 is 26.7. The molecule has 3 rings (SSSR count). The van der Waals surface area contributed by atoms with Crippen molar-refractivity contribution in [1.29, 1.82) is 0 Å². The van der Waals surface area contributed by atoms with Crippen molar-refractivity contribution in [3.05, 3.63) is 71.4 Å². The Morgan fingerprint density at radius 2 is 1.65 bits per heavy atom. The van der Waals surface area contributed by atoms with Gasteiger partial charge in [-0.2, -0.15) is 8.42 Å². The van der Waals surface area contributed by atoms with Crippen LogP contribution in [0.5, 0.6) is 0 Å². The van der Waals surface area contributed by atoms with Gasteiger partial charge in [-0.05, 0) is 23.8 Å². The van der Waals surface area contributed by atoms with Gasteiger partial charge in [0.05, 0.1) is 18.4 Å². The van der Waals surface area contributed by atoms with Crippen LogP contribution in [0.1, 0.15) is 21.5 Å². The van der Waals surface area contributed by atoms with E-state index >= 15 is 0 Å². The molecular formula is C18H16N2O5S. The van der Waals surface area contributed by atoms with E-state index in [1.807, 2.05) is 0 Å². The molecule has 0 saturated carbocycles. The standard InChI is InChI=1S/C18H16N2O5S/c1-26(23,24)25-11-12-6-8-13(9-7-12)19-10-16-14-4-2-3-5-15(14)17(21)20-18(16)22/h2-10,19H,11H2,1H3,(H,20,21,22). The van der Waals surface area contributed by atoms with Crippen molar-refractivity contribution in [3.8, 4) is 0 Å². The molecule has 0 atom stereocenters. The molecule has 1 heterocycles. The van der Waals surface area contributed by atoms with Gasteiger partial charge in [0.15, 0.2) is 0 Å². The second-order valence-corrected chi connectivity index (χ2v) is 7.34. The van der Waals surface area contributed by atoms with E-state index in [-0.39, 0.29) is 6.61 Å². The molecule has 2 aromatic rings. The SMILES string of the molecule is CS(=O)(=O)OCc1ccc(NC=C2C(=O)NC(=O)c3ccccc32)cc1. The van der Waals surface area contributed by atoms with Crippen LogP contribution in [0, 0.1) is 0 Å². The summed E-state index contributed by atoms with van der Waals surface area (Å²) in [7, 11) is -3.49. The fourth-order valence-electron chi connectivity index (χ4n) is 2.45. The van der Waals surface area contributed by atoms with Crippen LogP contribution < -0.4 is 10.6 Å². The summed E-state index contributed by atoms with van der Waals surface area (Å²) in [5.41, 5.74) is 2.74. The van der Waals surface area contributed by atoms with E-state index in [0.717, 1.165) is 6.26 Å². The van der Waals surface area contributed by atoms with E-state index in [4.69, 9.17) is 4.18 Å². The number of carbonyl (C=O) groups is 2. The van der Waals surface area contributed by atoms with Gasteiger partial charge in [-0.3, -0.25) is 19.1 Å². The molecule has 134 valence electrons. The van der Waals surface area contributed by atoms with Crippen LogP contribution in [0.4, 0.5) is 5.69 Å². The van der Waals surface area contributed by atoms with Gasteiger partial charge < -0.3 is 5.32 Å². The summed E-state index contributed by atoms with van der Waals surface area (Å²) in [5, 5.41) is 5.31. The normalized spacial score (nSPS) is 15.5. The maximum Gasteiger partial charge on any atom is 0.264 e. The Kier molecular flexibility index (Phi) is 4.88. The lowest BCUT2D eigenvalue weighted by molar-refractivity contribution is -0.114. The first kappa shape index (κ1) is 17.8. The van der Waals surface area contributed by atoms with Gasteiger partial charge in [-0.1, -0.05) is 30.3 Å². The fourth-order valence-corrected chi connectivity index (χ4v) is 2.80. The van der Waals surface area contributed by atoms with Crippen molar-refractivity contribution < 1.29 is 22.2 Å². The second kappa shape index (κ2) is 7.11. The first-order chi connectivity index (χ1) is 12.3. The number of anilines is 1. The van der Waals surface area contributed by atoms with Crippen LogP contribution in [-0.4, -0.2) is 26.5 Å². The highest BCUT2D eigenvalue weighted by molar-refractivity contribution is 7.85. The first-order valence-corrected chi connectivity index (χ1v) is 9.50. The molecule has 8 heteroatoms. The molecule has 2 aromatic carbocycles. The van der Waals surface area contributed by atoms with Crippen LogP contribution in [0.2, 0.25) is 0 Å². The van der Waals surface area contributed by atoms with Crippen LogP contribution in [-0.2, 0) is 25.7 Å². The molecule has 0 aromatic heterocycles. The van der Waals surface area contributed by atoms with Crippen molar-refractivity contribution >= 4 is 33.2 Å². The van der Waals surface area contributed by atoms with Gasteiger partial charge in [0.2, 0.25) is 0 Å². The number of carbonyl (C=O) groups excluding carboxylic acids is 2. The van der Waals surface area contributed by atoms with Crippen molar-refractivity contribution in [2.24, 2.45) is 0 Å². The zero-order valence-electron chi connectivity index (χ0n) is 13.9. The van der Waals surface area contributed by atoms with Gasteiger partial charge in [0, 0.05) is 23.0 Å². The minimum atomic E-state index is -3.49. The highest BCUT2D eigenvalue weighted by Crippen LogP contribution is 2.24. The second-order valence-electron chi connectivity index (χ2n) is 5.69. The Hall–Kier alpha value is -2.97. The molecule has 1 aliphatic rings. The molecule has 7 nitrogen and oxygen atoms in total. The molecule has 1 aliphatic heterocycles. The summed E-state index contributed by atoms with van der Waals surface area (Å²) in [4.78, 5) is 24.0. The predicted molar refractivity (Wildman–Crippen MR) is 96.6 cm³/mol. The molecule has 0 saturated heterocycles. The molecule has 0 aliphatic carbocycles. The molecule has 2 amide bonds. The fraction of sp³-hybridized carbons (Fsp3) is 0.111. The smallest absolute Gasteiger partial charge is 0.264 e. The summed E-state index contributed by atoms with van der Waals surface area (Å²) in [6, 6.07) is 13.7. The molecule has 0 unspecified atom stereocenters. The topological polar surface area (TPSA) is 102 Å². The third-order valence-corrected chi connectivity index (χ3v) is 4.26. The highest BCUT2D eigenvalue weighted by atomic mass is 32.2. The lowest BCUT2D eigenvalue weighted by Crippen LogP contribution is -2.36. The lowest BCUT2D eigenvalue weighted by Gasteiger charge is -2.18. The Morgan fingerprint density at radius 1 is 1.00 bits per heavy atom. The van der Waals surface area contributed by atoms with Crippen LogP contribution >= 0.6 is 0 Å². The third-order valence-electron chi connectivity index (χ3n) is 3.71. The number of fused-ring (bicyclic) bond motifs is 1. The van der Waals surface area contributed by atoms with Crippen molar-refractivity contribution in [1.82, 2.24) is 5.32 Å². The zero-order valence-corrected chi connectivity index (χ0v) is 14.7.